The van der Waals surface area contributed by atoms with E-state index in [0.29, 0.717) is 42.6 Å². The SMILES string of the molecule is COC1=CC(=Nc2c(N)n3n(c2=O)CCC3)C(NCCO)=CC1=N. The Morgan fingerprint density at radius 3 is 2.83 bits per heavy atom. The highest BCUT2D eigenvalue weighted by molar-refractivity contribution is 6.22. The largest absolute Gasteiger partial charge is 0.494 e. The van der Waals surface area contributed by atoms with Gasteiger partial charge in [0.05, 0.1) is 30.8 Å². The van der Waals surface area contributed by atoms with Crippen molar-refractivity contribution in [1.82, 2.24) is 14.7 Å². The molecule has 2 heterocycles. The summed E-state index contributed by atoms with van der Waals surface area (Å²) < 4.78 is 8.48. The second-order valence-corrected chi connectivity index (χ2v) is 5.47. The standard InChI is InChI=1S/C15H20N6O3/c1-24-12-8-11(10(7-9(12)16)18-3-6-22)19-13-14(17)20-4-2-5-21(20)15(13)23/h7-8,16,18,22H,2-6,17H2,1H3. The first-order chi connectivity index (χ1) is 11.6. The van der Waals surface area contributed by atoms with Crippen molar-refractivity contribution in [2.45, 2.75) is 19.5 Å². The van der Waals surface area contributed by atoms with E-state index in [-0.39, 0.29) is 23.6 Å². The molecule has 9 heteroatoms. The molecule has 3 rings (SSSR count). The average molecular weight is 332 g/mol. The molecule has 0 aromatic carbocycles. The van der Waals surface area contributed by atoms with Crippen LogP contribution in [0, 0.1) is 5.41 Å². The average Bonchev–Trinajstić information content (AvgIpc) is 3.14. The summed E-state index contributed by atoms with van der Waals surface area (Å²) in [6.07, 6.45) is 4.00. The van der Waals surface area contributed by atoms with E-state index in [1.807, 2.05) is 0 Å². The molecule has 0 saturated heterocycles. The lowest BCUT2D eigenvalue weighted by Crippen LogP contribution is -2.27. The fraction of sp³-hybridized carbons (Fsp3) is 0.400. The first kappa shape index (κ1) is 16.1. The number of methoxy groups -OCH3 is 1. The molecule has 2 aliphatic rings. The molecule has 0 amide bonds. The van der Waals surface area contributed by atoms with Gasteiger partial charge in [-0.3, -0.25) is 14.9 Å². The van der Waals surface area contributed by atoms with Crippen LogP contribution in [0.25, 0.3) is 0 Å². The number of ether oxygens (including phenoxy) is 1. The van der Waals surface area contributed by atoms with Crippen molar-refractivity contribution >= 4 is 22.9 Å². The Morgan fingerprint density at radius 2 is 2.17 bits per heavy atom. The summed E-state index contributed by atoms with van der Waals surface area (Å²) in [6.45, 7) is 1.56. The fourth-order valence-corrected chi connectivity index (χ4v) is 2.82. The smallest absolute Gasteiger partial charge is 0.294 e. The van der Waals surface area contributed by atoms with Crippen LogP contribution in [-0.4, -0.2) is 46.2 Å². The molecule has 0 atom stereocenters. The van der Waals surface area contributed by atoms with Gasteiger partial charge in [0.25, 0.3) is 5.56 Å². The maximum absolute atomic E-state index is 12.5. The van der Waals surface area contributed by atoms with Crippen molar-refractivity contribution in [2.24, 2.45) is 4.99 Å². The molecule has 1 aromatic heterocycles. The molecular weight excluding hydrogens is 312 g/mol. The lowest BCUT2D eigenvalue weighted by atomic mass is 10.1. The number of fused-ring (bicyclic) bond motifs is 1. The molecule has 0 unspecified atom stereocenters. The van der Waals surface area contributed by atoms with Crippen LogP contribution >= 0.6 is 0 Å². The number of aliphatic hydroxyl groups is 1. The highest BCUT2D eigenvalue weighted by atomic mass is 16.5. The maximum Gasteiger partial charge on any atom is 0.294 e. The molecule has 0 radical (unpaired) electrons. The summed E-state index contributed by atoms with van der Waals surface area (Å²) in [5, 5.41) is 19.9. The number of allylic oxidation sites excluding steroid dienone is 2. The molecule has 128 valence electrons. The van der Waals surface area contributed by atoms with Crippen molar-refractivity contribution < 1.29 is 9.84 Å². The minimum atomic E-state index is -0.230. The van der Waals surface area contributed by atoms with Crippen molar-refractivity contribution in [2.75, 3.05) is 26.0 Å². The van der Waals surface area contributed by atoms with Crippen LogP contribution in [0.4, 0.5) is 11.5 Å². The number of hydrogen-bond acceptors (Lipinski definition) is 7. The summed E-state index contributed by atoms with van der Waals surface area (Å²) in [6, 6.07) is 0. The summed E-state index contributed by atoms with van der Waals surface area (Å²) >= 11 is 0. The fourth-order valence-electron chi connectivity index (χ4n) is 2.82. The zero-order valence-corrected chi connectivity index (χ0v) is 13.4. The number of aliphatic hydroxyl groups excluding tert-OH is 1. The Bertz CT molecular complexity index is 827. The quantitative estimate of drug-likeness (QED) is 0.552. The number of anilines is 1. The zero-order valence-electron chi connectivity index (χ0n) is 13.4. The topological polar surface area (TPSA) is 131 Å². The van der Waals surface area contributed by atoms with Crippen molar-refractivity contribution in [3.8, 4) is 0 Å². The van der Waals surface area contributed by atoms with Gasteiger partial charge in [-0.1, -0.05) is 0 Å². The zero-order chi connectivity index (χ0) is 17.3. The monoisotopic (exact) mass is 332 g/mol. The third-order valence-electron chi connectivity index (χ3n) is 3.97. The van der Waals surface area contributed by atoms with Gasteiger partial charge in [-0.05, 0) is 12.5 Å². The van der Waals surface area contributed by atoms with Gasteiger partial charge < -0.3 is 20.9 Å². The van der Waals surface area contributed by atoms with Crippen LogP contribution in [-0.2, 0) is 17.8 Å². The van der Waals surface area contributed by atoms with E-state index in [1.165, 1.54) is 7.11 Å². The van der Waals surface area contributed by atoms with Crippen LogP contribution in [0.15, 0.2) is 33.4 Å². The Labute approximate surface area is 138 Å². The van der Waals surface area contributed by atoms with Crippen molar-refractivity contribution in [3.05, 3.63) is 34.0 Å². The highest BCUT2D eigenvalue weighted by Crippen LogP contribution is 2.24. The first-order valence-corrected chi connectivity index (χ1v) is 7.66. The van der Waals surface area contributed by atoms with Crippen LogP contribution in [0.3, 0.4) is 0 Å². The van der Waals surface area contributed by atoms with E-state index in [9.17, 15) is 4.79 Å². The summed E-state index contributed by atoms with van der Waals surface area (Å²) in [4.78, 5) is 16.9. The molecule has 0 spiro atoms. The van der Waals surface area contributed by atoms with E-state index in [1.54, 1.807) is 21.5 Å². The molecule has 24 heavy (non-hydrogen) atoms. The molecule has 1 aromatic rings. The predicted molar refractivity (Wildman–Crippen MR) is 90.8 cm³/mol. The minimum absolute atomic E-state index is 0.0654. The van der Waals surface area contributed by atoms with E-state index in [4.69, 9.17) is 21.0 Å². The van der Waals surface area contributed by atoms with Gasteiger partial charge in [0.2, 0.25) is 0 Å². The van der Waals surface area contributed by atoms with E-state index >= 15 is 0 Å². The van der Waals surface area contributed by atoms with Gasteiger partial charge >= 0.3 is 0 Å². The molecule has 5 N–H and O–H groups in total. The molecule has 0 bridgehead atoms. The van der Waals surface area contributed by atoms with Crippen molar-refractivity contribution in [1.29, 1.82) is 5.41 Å². The molecule has 0 fully saturated rings. The van der Waals surface area contributed by atoms with E-state index in [0.717, 1.165) is 6.42 Å². The lowest BCUT2D eigenvalue weighted by molar-refractivity contribution is 0.297. The number of nitrogen functional groups attached to an aromatic ring is 1. The van der Waals surface area contributed by atoms with E-state index < -0.39 is 0 Å². The van der Waals surface area contributed by atoms with Gasteiger partial charge in [-0.15, -0.1) is 0 Å². The Balaban J connectivity index is 2.06. The maximum atomic E-state index is 12.5. The van der Waals surface area contributed by atoms with Gasteiger partial charge in [-0.25, -0.2) is 9.67 Å². The number of nitrogens with zero attached hydrogens (tertiary/aromatic N) is 3. The number of nitrogens with two attached hydrogens (primary N) is 1. The summed E-state index contributed by atoms with van der Waals surface area (Å²) in [7, 11) is 1.47. The Morgan fingerprint density at radius 1 is 1.42 bits per heavy atom. The van der Waals surface area contributed by atoms with Crippen molar-refractivity contribution in [3.63, 3.8) is 0 Å². The normalized spacial score (nSPS) is 18.4. The highest BCUT2D eigenvalue weighted by Gasteiger charge is 2.23. The molecule has 1 aliphatic carbocycles. The molecular formula is C15H20N6O3. The predicted octanol–water partition coefficient (Wildman–Crippen LogP) is -0.262. The van der Waals surface area contributed by atoms with Crippen LogP contribution < -0.4 is 16.6 Å². The minimum Gasteiger partial charge on any atom is -0.494 e. The third-order valence-corrected chi connectivity index (χ3v) is 3.97. The molecule has 0 saturated carbocycles. The number of rotatable bonds is 5. The second-order valence-electron chi connectivity index (χ2n) is 5.47. The first-order valence-electron chi connectivity index (χ1n) is 7.66. The van der Waals surface area contributed by atoms with Crippen LogP contribution in [0.5, 0.6) is 0 Å². The summed E-state index contributed by atoms with van der Waals surface area (Å²) in [5.74, 6) is 0.674. The van der Waals surface area contributed by atoms with Gasteiger partial charge in [0, 0.05) is 25.7 Å². The molecule has 1 aliphatic heterocycles. The number of aliphatic imine (C=N–C) groups is 1. The lowest BCUT2D eigenvalue weighted by Gasteiger charge is -2.17. The van der Waals surface area contributed by atoms with Gasteiger partial charge in [0.1, 0.15) is 5.76 Å². The van der Waals surface area contributed by atoms with Crippen LogP contribution in [0.2, 0.25) is 0 Å². The molecule has 9 nitrogen and oxygen atoms in total. The second kappa shape index (κ2) is 6.36. The Hall–Kier alpha value is -2.81. The van der Waals surface area contributed by atoms with E-state index in [2.05, 4.69) is 10.3 Å². The summed E-state index contributed by atoms with van der Waals surface area (Å²) in [5.41, 5.74) is 7.18. The van der Waals surface area contributed by atoms with Crippen LogP contribution in [0.1, 0.15) is 6.42 Å². The number of nitrogens with one attached hydrogen (secondary N) is 2. The van der Waals surface area contributed by atoms with Gasteiger partial charge in [-0.2, -0.15) is 0 Å². The number of hydrogen-bond donors (Lipinski definition) is 4. The Kier molecular flexibility index (Phi) is 4.26. The van der Waals surface area contributed by atoms with Gasteiger partial charge in [0.15, 0.2) is 11.5 Å². The number of aromatic nitrogens is 2. The third kappa shape index (κ3) is 2.62.